The maximum atomic E-state index is 12.4. The lowest BCUT2D eigenvalue weighted by molar-refractivity contribution is -0.360. The first-order valence-electron chi connectivity index (χ1n) is 4.85. The third kappa shape index (κ3) is 5.80. The van der Waals surface area contributed by atoms with Crippen LogP contribution in [0, 0.1) is 0 Å². The zero-order valence-corrected chi connectivity index (χ0v) is 12.0. The molecule has 0 saturated heterocycles. The molecule has 0 spiro atoms. The highest BCUT2D eigenvalue weighted by molar-refractivity contribution is 7.93. The number of alkyl halides is 10. The van der Waals surface area contributed by atoms with Crippen LogP contribution in [0.15, 0.2) is 0 Å². The second kappa shape index (κ2) is 7.16. The highest BCUT2D eigenvalue weighted by atomic mass is 32.3. The van der Waals surface area contributed by atoms with E-state index >= 15 is 0 Å². The van der Waals surface area contributed by atoms with Crippen LogP contribution in [0.4, 0.5) is 43.9 Å². The Balaban J connectivity index is 5.17. The first-order valence-corrected chi connectivity index (χ1v) is 6.92. The molecule has 0 aliphatic rings. The van der Waals surface area contributed by atoms with Crippen molar-refractivity contribution in [1.82, 2.24) is 3.71 Å². The van der Waals surface area contributed by atoms with Crippen LogP contribution in [0.3, 0.4) is 0 Å². The second-order valence-corrected chi connectivity index (χ2v) is 5.59. The molecule has 0 N–H and O–H groups in total. The molecule has 0 bridgehead atoms. The SMILES string of the molecule is CCN(S(=O)OC(F)(F)C(F)(F)F)S(=O)OC(F)(F)C(F)(F)F. The Bertz CT molecular complexity index is 423. The molecule has 0 fully saturated rings. The Labute approximate surface area is 126 Å². The van der Waals surface area contributed by atoms with Gasteiger partial charge in [-0.15, -0.1) is 0 Å². The number of hydrogen-bond acceptors (Lipinski definition) is 4. The third-order valence-electron chi connectivity index (χ3n) is 1.60. The maximum absolute atomic E-state index is 12.4. The molecule has 0 aromatic heterocycles. The minimum absolute atomic E-state index is 0.722. The quantitative estimate of drug-likeness (QED) is 0.607. The van der Waals surface area contributed by atoms with Crippen molar-refractivity contribution in [3.05, 3.63) is 0 Å². The summed E-state index contributed by atoms with van der Waals surface area (Å²) in [7, 11) is 0. The van der Waals surface area contributed by atoms with Crippen molar-refractivity contribution in [3.8, 4) is 0 Å². The fraction of sp³-hybridized carbons (Fsp3) is 1.00. The van der Waals surface area contributed by atoms with Gasteiger partial charge in [-0.05, 0) is 0 Å². The van der Waals surface area contributed by atoms with E-state index in [0.29, 0.717) is 0 Å². The van der Waals surface area contributed by atoms with Crippen molar-refractivity contribution in [2.75, 3.05) is 6.54 Å². The second-order valence-electron chi connectivity index (χ2n) is 3.28. The molecule has 0 amide bonds. The summed E-state index contributed by atoms with van der Waals surface area (Å²) in [5.74, 6) is 0. The van der Waals surface area contributed by atoms with Gasteiger partial charge in [-0.1, -0.05) is 10.6 Å². The summed E-state index contributed by atoms with van der Waals surface area (Å²) in [4.78, 5) is 0. The van der Waals surface area contributed by atoms with Gasteiger partial charge < -0.3 is 0 Å². The molecular weight excluding hydrogens is 404 g/mol. The summed E-state index contributed by atoms with van der Waals surface area (Å²) < 4.78 is 147. The van der Waals surface area contributed by atoms with E-state index in [-0.39, 0.29) is 0 Å². The zero-order valence-electron chi connectivity index (χ0n) is 10.4. The predicted molar refractivity (Wildman–Crippen MR) is 52.8 cm³/mol. The normalized spacial score (nSPS) is 17.4. The highest BCUT2D eigenvalue weighted by Gasteiger charge is 2.63. The van der Waals surface area contributed by atoms with Crippen molar-refractivity contribution >= 4 is 22.5 Å². The Morgan fingerprint density at radius 1 is 0.739 bits per heavy atom. The average molecular weight is 409 g/mol. The Morgan fingerprint density at radius 3 is 1.17 bits per heavy atom. The van der Waals surface area contributed by atoms with E-state index in [1.807, 2.05) is 0 Å². The van der Waals surface area contributed by atoms with Crippen molar-refractivity contribution in [2.24, 2.45) is 0 Å². The monoisotopic (exact) mass is 409 g/mol. The topological polar surface area (TPSA) is 55.8 Å². The van der Waals surface area contributed by atoms with E-state index in [1.165, 1.54) is 0 Å². The number of nitrogens with zero attached hydrogens (tertiary/aromatic N) is 1. The average Bonchev–Trinajstić information content (AvgIpc) is 2.24. The van der Waals surface area contributed by atoms with Gasteiger partial charge in [0.15, 0.2) is 0 Å². The van der Waals surface area contributed by atoms with Crippen LogP contribution in [0.1, 0.15) is 6.92 Å². The first kappa shape index (κ1) is 22.5. The van der Waals surface area contributed by atoms with E-state index < -0.39 is 57.4 Å². The van der Waals surface area contributed by atoms with Crippen LogP contribution in [0.2, 0.25) is 0 Å². The van der Waals surface area contributed by atoms with Crippen LogP contribution < -0.4 is 0 Å². The molecule has 0 heterocycles. The molecule has 140 valence electrons. The van der Waals surface area contributed by atoms with Gasteiger partial charge in [0.25, 0.3) is 22.5 Å². The van der Waals surface area contributed by atoms with E-state index in [2.05, 4.69) is 8.37 Å². The van der Waals surface area contributed by atoms with Crippen LogP contribution in [-0.2, 0) is 30.9 Å². The van der Waals surface area contributed by atoms with Gasteiger partial charge in [0.05, 0.1) is 0 Å². The standard InChI is InChI=1S/C6H5F10NO4S2/c1-2-17(22(18)20-5(13,14)3(7,8)9)23(19)21-6(15,16)4(10,11)12/h2H2,1H3. The molecule has 0 aliphatic carbocycles. The van der Waals surface area contributed by atoms with Gasteiger partial charge in [-0.3, -0.25) is 0 Å². The van der Waals surface area contributed by atoms with Crippen molar-refractivity contribution in [3.63, 3.8) is 0 Å². The number of hydrogen-bond donors (Lipinski definition) is 0. The van der Waals surface area contributed by atoms with E-state index in [1.54, 1.807) is 0 Å². The molecule has 0 radical (unpaired) electrons. The molecule has 5 nitrogen and oxygen atoms in total. The molecular formula is C6H5F10NO4S2. The van der Waals surface area contributed by atoms with E-state index in [0.717, 1.165) is 6.92 Å². The summed E-state index contributed by atoms with van der Waals surface area (Å²) in [6, 6.07) is 0. The predicted octanol–water partition coefficient (Wildman–Crippen LogP) is 2.81. The van der Waals surface area contributed by atoms with E-state index in [4.69, 9.17) is 0 Å². The molecule has 0 aromatic carbocycles. The van der Waals surface area contributed by atoms with Gasteiger partial charge in [0.2, 0.25) is 0 Å². The molecule has 0 aliphatic heterocycles. The summed E-state index contributed by atoms with van der Waals surface area (Å²) in [5.41, 5.74) is 0. The van der Waals surface area contributed by atoms with Crippen molar-refractivity contribution < 1.29 is 60.7 Å². The molecule has 17 heteroatoms. The lowest BCUT2D eigenvalue weighted by Gasteiger charge is -2.24. The largest absolute Gasteiger partial charge is 0.484 e. The van der Waals surface area contributed by atoms with Crippen LogP contribution >= 0.6 is 0 Å². The van der Waals surface area contributed by atoms with Crippen LogP contribution in [0.25, 0.3) is 0 Å². The van der Waals surface area contributed by atoms with E-state index in [9.17, 15) is 52.3 Å². The molecule has 0 rings (SSSR count). The highest BCUT2D eigenvalue weighted by Crippen LogP contribution is 2.39. The minimum Gasteiger partial charge on any atom is -0.210 e. The third-order valence-corrected chi connectivity index (χ3v) is 4.22. The fourth-order valence-electron chi connectivity index (χ4n) is 0.617. The summed E-state index contributed by atoms with van der Waals surface area (Å²) in [5, 5.41) is 0. The Hall–Kier alpha value is -0.520. The zero-order chi connectivity index (χ0) is 18.9. The first-order chi connectivity index (χ1) is 9.96. The summed E-state index contributed by atoms with van der Waals surface area (Å²) in [6.45, 7) is -0.388. The molecule has 0 aromatic rings. The summed E-state index contributed by atoms with van der Waals surface area (Å²) in [6.07, 6.45) is -24.9. The molecule has 2 atom stereocenters. The lowest BCUT2D eigenvalue weighted by atomic mass is 10.6. The van der Waals surface area contributed by atoms with Gasteiger partial charge in [0, 0.05) is 6.54 Å². The summed E-state index contributed by atoms with van der Waals surface area (Å²) >= 11 is -8.06. The smallest absolute Gasteiger partial charge is 0.210 e. The van der Waals surface area contributed by atoms with Crippen molar-refractivity contribution in [2.45, 2.75) is 31.5 Å². The maximum Gasteiger partial charge on any atom is 0.484 e. The fourth-order valence-corrected chi connectivity index (χ4v) is 2.33. The van der Waals surface area contributed by atoms with Gasteiger partial charge in [-0.2, -0.15) is 43.9 Å². The molecule has 2 unspecified atom stereocenters. The minimum atomic E-state index is -6.37. The molecule has 23 heavy (non-hydrogen) atoms. The Morgan fingerprint density at radius 2 is 1.00 bits per heavy atom. The van der Waals surface area contributed by atoms with Gasteiger partial charge >= 0.3 is 24.6 Å². The lowest BCUT2D eigenvalue weighted by Crippen LogP contribution is -2.46. The number of rotatable bonds is 7. The van der Waals surface area contributed by atoms with Crippen LogP contribution in [-0.4, -0.2) is 43.2 Å². The number of halogens is 10. The molecule has 0 saturated carbocycles. The van der Waals surface area contributed by atoms with Gasteiger partial charge in [0.1, 0.15) is 0 Å². The van der Waals surface area contributed by atoms with Gasteiger partial charge in [-0.25, -0.2) is 16.8 Å². The van der Waals surface area contributed by atoms with Crippen molar-refractivity contribution in [1.29, 1.82) is 0 Å². The Kier molecular flexibility index (Phi) is 7.00. The van der Waals surface area contributed by atoms with Crippen LogP contribution in [0.5, 0.6) is 0 Å².